The second-order valence-corrected chi connectivity index (χ2v) is 7.81. The van der Waals surface area contributed by atoms with E-state index in [0.717, 1.165) is 29.3 Å². The summed E-state index contributed by atoms with van der Waals surface area (Å²) in [6, 6.07) is 14.7. The first-order valence-electron chi connectivity index (χ1n) is 10.5. The molecule has 162 valence electrons. The van der Waals surface area contributed by atoms with Gasteiger partial charge in [-0.1, -0.05) is 30.3 Å². The maximum absolute atomic E-state index is 13.2. The molecule has 7 heteroatoms. The van der Waals surface area contributed by atoms with E-state index in [2.05, 4.69) is 10.3 Å². The van der Waals surface area contributed by atoms with Gasteiger partial charge in [0.15, 0.2) is 0 Å². The number of anilines is 1. The predicted molar refractivity (Wildman–Crippen MR) is 121 cm³/mol. The van der Waals surface area contributed by atoms with Crippen molar-refractivity contribution in [1.29, 1.82) is 0 Å². The van der Waals surface area contributed by atoms with Gasteiger partial charge < -0.3 is 24.7 Å². The van der Waals surface area contributed by atoms with E-state index in [4.69, 9.17) is 9.47 Å². The summed E-state index contributed by atoms with van der Waals surface area (Å²) in [6.07, 6.45) is 1.83. The summed E-state index contributed by atoms with van der Waals surface area (Å²) < 4.78 is 11.1. The smallest absolute Gasteiger partial charge is 0.322 e. The molecular weight excluding hydrogens is 394 g/mol. The Morgan fingerprint density at radius 3 is 2.87 bits per heavy atom. The number of fused-ring (bicyclic) bond motifs is 1. The molecule has 2 N–H and O–H groups in total. The van der Waals surface area contributed by atoms with E-state index >= 15 is 0 Å². The third-order valence-corrected chi connectivity index (χ3v) is 5.61. The van der Waals surface area contributed by atoms with Crippen LogP contribution in [0.4, 0.5) is 10.5 Å². The van der Waals surface area contributed by atoms with Crippen molar-refractivity contribution >= 4 is 22.6 Å². The number of para-hydroxylation sites is 3. The molecule has 2 aromatic carbocycles. The lowest BCUT2D eigenvalue weighted by molar-refractivity contribution is 0.0818. The van der Waals surface area contributed by atoms with Gasteiger partial charge in [-0.15, -0.1) is 0 Å². The lowest BCUT2D eigenvalue weighted by atomic mass is 10.1. The van der Waals surface area contributed by atoms with Crippen molar-refractivity contribution in [3.8, 4) is 5.75 Å². The molecule has 1 saturated heterocycles. The Bertz CT molecular complexity index is 1140. The van der Waals surface area contributed by atoms with Gasteiger partial charge in [-0.25, -0.2) is 4.79 Å². The molecule has 2 heterocycles. The molecule has 4 rings (SSSR count). The Labute approximate surface area is 181 Å². The van der Waals surface area contributed by atoms with Crippen LogP contribution < -0.4 is 15.6 Å². The Morgan fingerprint density at radius 2 is 2.10 bits per heavy atom. The van der Waals surface area contributed by atoms with E-state index in [9.17, 15) is 9.59 Å². The quantitative estimate of drug-likeness (QED) is 0.629. The second-order valence-electron chi connectivity index (χ2n) is 7.81. The highest BCUT2D eigenvalue weighted by atomic mass is 16.5. The lowest BCUT2D eigenvalue weighted by Crippen LogP contribution is -2.40. The van der Waals surface area contributed by atoms with Crippen molar-refractivity contribution in [2.75, 3.05) is 25.6 Å². The number of rotatable bonds is 6. The fourth-order valence-corrected chi connectivity index (χ4v) is 3.95. The minimum absolute atomic E-state index is 0.0369. The van der Waals surface area contributed by atoms with Crippen LogP contribution in [0.2, 0.25) is 0 Å². The van der Waals surface area contributed by atoms with Crippen molar-refractivity contribution in [3.05, 3.63) is 70.0 Å². The van der Waals surface area contributed by atoms with Gasteiger partial charge in [-0.05, 0) is 48.9 Å². The fraction of sp³-hybridized carbons (Fsp3) is 0.333. The molecule has 1 aliphatic heterocycles. The molecule has 0 unspecified atom stereocenters. The van der Waals surface area contributed by atoms with Crippen LogP contribution in [0.3, 0.4) is 0 Å². The number of benzene rings is 2. The first-order valence-corrected chi connectivity index (χ1v) is 10.5. The van der Waals surface area contributed by atoms with Crippen molar-refractivity contribution in [3.63, 3.8) is 0 Å². The largest absolute Gasteiger partial charge is 0.495 e. The van der Waals surface area contributed by atoms with Gasteiger partial charge >= 0.3 is 6.03 Å². The number of ether oxygens (including phenoxy) is 2. The number of aromatic amines is 1. The lowest BCUT2D eigenvalue weighted by Gasteiger charge is -2.26. The van der Waals surface area contributed by atoms with Crippen LogP contribution in [-0.4, -0.2) is 42.3 Å². The van der Waals surface area contributed by atoms with Gasteiger partial charge in [0.1, 0.15) is 5.75 Å². The SMILES string of the molecule is COc1ccccc1NC(=O)N(Cc1cc2cccc(C)c2[nH]c1=O)C[C@@H]1CCCO1. The van der Waals surface area contributed by atoms with E-state index in [1.165, 1.54) is 0 Å². The average Bonchev–Trinajstić information content (AvgIpc) is 3.28. The van der Waals surface area contributed by atoms with Gasteiger partial charge in [-0.3, -0.25) is 4.79 Å². The normalized spacial score (nSPS) is 15.7. The van der Waals surface area contributed by atoms with Crippen LogP contribution in [0, 0.1) is 6.92 Å². The number of nitrogens with one attached hydrogen (secondary N) is 2. The van der Waals surface area contributed by atoms with Crippen LogP contribution in [0.25, 0.3) is 10.9 Å². The highest BCUT2D eigenvalue weighted by Crippen LogP contribution is 2.24. The Balaban J connectivity index is 1.62. The Hall–Kier alpha value is -3.32. The average molecular weight is 421 g/mol. The van der Waals surface area contributed by atoms with Crippen molar-refractivity contribution in [2.45, 2.75) is 32.4 Å². The van der Waals surface area contributed by atoms with Gasteiger partial charge in [0, 0.05) is 18.7 Å². The number of methoxy groups -OCH3 is 1. The van der Waals surface area contributed by atoms with Gasteiger partial charge in [0.05, 0.1) is 31.0 Å². The number of aromatic nitrogens is 1. The summed E-state index contributed by atoms with van der Waals surface area (Å²) in [5.41, 5.74) is 2.75. The molecule has 2 amide bonds. The molecule has 0 saturated carbocycles. The zero-order chi connectivity index (χ0) is 21.8. The van der Waals surface area contributed by atoms with E-state index in [-0.39, 0.29) is 24.2 Å². The van der Waals surface area contributed by atoms with Gasteiger partial charge in [-0.2, -0.15) is 0 Å². The standard InChI is InChI=1S/C24H27N3O4/c1-16-7-5-8-17-13-18(23(28)26-22(16)17)14-27(15-19-9-6-12-31-19)24(29)25-20-10-3-4-11-21(20)30-2/h3-5,7-8,10-11,13,19H,6,9,12,14-15H2,1-2H3,(H,25,29)(H,26,28)/t19-/m0/s1. The number of nitrogens with zero attached hydrogens (tertiary/aromatic N) is 1. The number of amides is 2. The van der Waals surface area contributed by atoms with Gasteiger partial charge in [0.2, 0.25) is 0 Å². The molecule has 0 bridgehead atoms. The number of aryl methyl sites for hydroxylation is 1. The van der Waals surface area contributed by atoms with Crippen molar-refractivity contribution in [2.24, 2.45) is 0 Å². The number of pyridine rings is 1. The summed E-state index contributed by atoms with van der Waals surface area (Å²) in [5, 5.41) is 3.86. The van der Waals surface area contributed by atoms with Crippen LogP contribution in [0.5, 0.6) is 5.75 Å². The van der Waals surface area contributed by atoms with E-state index in [1.54, 1.807) is 24.1 Å². The summed E-state index contributed by atoms with van der Waals surface area (Å²) in [6.45, 7) is 3.25. The molecule has 31 heavy (non-hydrogen) atoms. The number of H-pyrrole nitrogens is 1. The summed E-state index contributed by atoms with van der Waals surface area (Å²) >= 11 is 0. The van der Waals surface area contributed by atoms with E-state index in [1.807, 2.05) is 43.3 Å². The number of hydrogen-bond donors (Lipinski definition) is 2. The topological polar surface area (TPSA) is 83.7 Å². The van der Waals surface area contributed by atoms with Gasteiger partial charge in [0.25, 0.3) is 5.56 Å². The molecule has 0 aliphatic carbocycles. The highest BCUT2D eigenvalue weighted by molar-refractivity contribution is 5.91. The molecule has 1 fully saturated rings. The number of carbonyl (C=O) groups is 1. The Kier molecular flexibility index (Phi) is 6.23. The maximum atomic E-state index is 13.2. The molecule has 7 nitrogen and oxygen atoms in total. The zero-order valence-electron chi connectivity index (χ0n) is 17.8. The van der Waals surface area contributed by atoms with Crippen LogP contribution in [0.15, 0.2) is 53.3 Å². The predicted octanol–water partition coefficient (Wildman–Crippen LogP) is 4.06. The first kappa shape index (κ1) is 20.9. The minimum atomic E-state index is -0.302. The number of urea groups is 1. The third-order valence-electron chi connectivity index (χ3n) is 5.61. The minimum Gasteiger partial charge on any atom is -0.495 e. The number of carbonyl (C=O) groups excluding carboxylic acids is 1. The maximum Gasteiger partial charge on any atom is 0.322 e. The van der Waals surface area contributed by atoms with Crippen LogP contribution in [-0.2, 0) is 11.3 Å². The number of hydrogen-bond acceptors (Lipinski definition) is 4. The zero-order valence-corrected chi connectivity index (χ0v) is 17.8. The van der Waals surface area contributed by atoms with E-state index < -0.39 is 0 Å². The molecular formula is C24H27N3O4. The summed E-state index contributed by atoms with van der Waals surface area (Å²) in [4.78, 5) is 30.6. The molecule has 1 aliphatic rings. The van der Waals surface area contributed by atoms with E-state index in [0.29, 0.717) is 30.2 Å². The van der Waals surface area contributed by atoms with Crippen molar-refractivity contribution < 1.29 is 14.3 Å². The monoisotopic (exact) mass is 421 g/mol. The van der Waals surface area contributed by atoms with Crippen LogP contribution >= 0.6 is 0 Å². The molecule has 1 aromatic heterocycles. The second kappa shape index (κ2) is 9.22. The first-order chi connectivity index (χ1) is 15.0. The summed E-state index contributed by atoms with van der Waals surface area (Å²) in [5.74, 6) is 0.576. The van der Waals surface area contributed by atoms with Crippen molar-refractivity contribution in [1.82, 2.24) is 9.88 Å². The fourth-order valence-electron chi connectivity index (χ4n) is 3.95. The molecule has 3 aromatic rings. The highest BCUT2D eigenvalue weighted by Gasteiger charge is 2.24. The molecule has 0 spiro atoms. The third kappa shape index (κ3) is 4.72. The molecule has 1 atom stereocenters. The Morgan fingerprint density at radius 1 is 1.26 bits per heavy atom. The van der Waals surface area contributed by atoms with Crippen LogP contribution in [0.1, 0.15) is 24.0 Å². The molecule has 0 radical (unpaired) electrons. The summed E-state index contributed by atoms with van der Waals surface area (Å²) in [7, 11) is 1.56.